The maximum absolute atomic E-state index is 13.4. The summed E-state index contributed by atoms with van der Waals surface area (Å²) in [5.74, 6) is 0.810. The van der Waals surface area contributed by atoms with Crippen molar-refractivity contribution in [1.29, 1.82) is 0 Å². The van der Waals surface area contributed by atoms with Gasteiger partial charge in [-0.2, -0.15) is 10.2 Å². The van der Waals surface area contributed by atoms with Gasteiger partial charge in [-0.15, -0.1) is 0 Å². The van der Waals surface area contributed by atoms with Gasteiger partial charge >= 0.3 is 0 Å². The first-order chi connectivity index (χ1) is 14.6. The Morgan fingerprint density at radius 2 is 2.07 bits per heavy atom. The number of aromatic nitrogens is 6. The minimum Gasteiger partial charge on any atom is -0.341 e. The Bertz CT molecular complexity index is 1280. The Hall–Kier alpha value is -3.20. The highest BCUT2D eigenvalue weighted by atomic mass is 16.1. The summed E-state index contributed by atoms with van der Waals surface area (Å²) < 4.78 is 5.32. The fourth-order valence-electron chi connectivity index (χ4n) is 4.45. The van der Waals surface area contributed by atoms with Crippen LogP contribution in [0.4, 0.5) is 5.95 Å². The van der Waals surface area contributed by atoms with Crippen LogP contribution in [0.1, 0.15) is 25.5 Å². The van der Waals surface area contributed by atoms with Gasteiger partial charge in [0.15, 0.2) is 0 Å². The van der Waals surface area contributed by atoms with Crippen molar-refractivity contribution < 1.29 is 0 Å². The molecular formula is C21H26N8O. The fourth-order valence-corrected chi connectivity index (χ4v) is 4.45. The summed E-state index contributed by atoms with van der Waals surface area (Å²) in [6, 6.07) is 8.07. The van der Waals surface area contributed by atoms with Crippen molar-refractivity contribution >= 4 is 27.9 Å². The van der Waals surface area contributed by atoms with Crippen LogP contribution in [0.2, 0.25) is 0 Å². The summed E-state index contributed by atoms with van der Waals surface area (Å²) in [5.41, 5.74) is 9.11. The summed E-state index contributed by atoms with van der Waals surface area (Å²) in [6.45, 7) is 4.70. The lowest BCUT2D eigenvalue weighted by Gasteiger charge is -2.31. The van der Waals surface area contributed by atoms with Gasteiger partial charge in [-0.1, -0.05) is 18.2 Å². The van der Waals surface area contributed by atoms with Crippen molar-refractivity contribution in [2.75, 3.05) is 18.0 Å². The summed E-state index contributed by atoms with van der Waals surface area (Å²) in [4.78, 5) is 20.3. The van der Waals surface area contributed by atoms with E-state index >= 15 is 0 Å². The Balaban J connectivity index is 1.60. The minimum atomic E-state index is -0.139. The molecule has 0 amide bonds. The van der Waals surface area contributed by atoms with Crippen LogP contribution in [-0.4, -0.2) is 48.2 Å². The van der Waals surface area contributed by atoms with Crippen molar-refractivity contribution in [1.82, 2.24) is 29.1 Å². The van der Waals surface area contributed by atoms with Crippen LogP contribution in [-0.2, 0) is 20.1 Å². The summed E-state index contributed by atoms with van der Waals surface area (Å²) in [6.07, 6.45) is 3.74. The van der Waals surface area contributed by atoms with Gasteiger partial charge in [0, 0.05) is 38.1 Å². The molecular weight excluding hydrogens is 380 g/mol. The molecule has 1 aliphatic heterocycles. The van der Waals surface area contributed by atoms with Gasteiger partial charge in [0.25, 0.3) is 5.56 Å². The van der Waals surface area contributed by atoms with Gasteiger partial charge in [-0.25, -0.2) is 9.67 Å². The second kappa shape index (κ2) is 7.24. The number of hydrogen-bond acceptors (Lipinski definition) is 6. The van der Waals surface area contributed by atoms with E-state index in [1.54, 1.807) is 6.20 Å². The molecule has 0 radical (unpaired) electrons. The van der Waals surface area contributed by atoms with E-state index in [1.807, 2.05) is 47.5 Å². The molecule has 9 heteroatoms. The van der Waals surface area contributed by atoms with Crippen molar-refractivity contribution in [2.45, 2.75) is 38.9 Å². The zero-order chi connectivity index (χ0) is 20.8. The third-order valence-corrected chi connectivity index (χ3v) is 5.95. The molecule has 1 saturated heterocycles. The minimum absolute atomic E-state index is 0.136. The highest BCUT2D eigenvalue weighted by molar-refractivity contribution is 5.81. The molecule has 1 aromatic carbocycles. The fraction of sp³-hybridized carbons (Fsp3) is 0.429. The van der Waals surface area contributed by atoms with E-state index in [9.17, 15) is 4.79 Å². The molecule has 1 atom stereocenters. The molecule has 4 heterocycles. The molecule has 30 heavy (non-hydrogen) atoms. The Labute approximate surface area is 173 Å². The number of hydrogen-bond donors (Lipinski definition) is 1. The van der Waals surface area contributed by atoms with Crippen LogP contribution >= 0.6 is 0 Å². The molecule has 0 saturated carbocycles. The summed E-state index contributed by atoms with van der Waals surface area (Å²) >= 11 is 0. The summed E-state index contributed by atoms with van der Waals surface area (Å²) in [5, 5.41) is 10.00. The number of fused-ring (bicyclic) bond motifs is 2. The number of imidazole rings is 1. The molecule has 0 bridgehead atoms. The lowest BCUT2D eigenvalue weighted by atomic mass is 10.1. The van der Waals surface area contributed by atoms with Crippen molar-refractivity contribution in [2.24, 2.45) is 12.8 Å². The number of anilines is 1. The Morgan fingerprint density at radius 3 is 2.87 bits per heavy atom. The van der Waals surface area contributed by atoms with E-state index < -0.39 is 0 Å². The van der Waals surface area contributed by atoms with Crippen LogP contribution in [0.3, 0.4) is 0 Å². The molecule has 0 spiro atoms. The average molecular weight is 406 g/mol. The quantitative estimate of drug-likeness (QED) is 0.551. The van der Waals surface area contributed by atoms with Crippen molar-refractivity contribution in [3.63, 3.8) is 0 Å². The van der Waals surface area contributed by atoms with E-state index in [-0.39, 0.29) is 11.6 Å². The van der Waals surface area contributed by atoms with Crippen LogP contribution in [0.25, 0.3) is 21.9 Å². The molecule has 4 aromatic rings. The van der Waals surface area contributed by atoms with Gasteiger partial charge in [-0.3, -0.25) is 9.48 Å². The first kappa shape index (κ1) is 18.8. The highest BCUT2D eigenvalue weighted by Crippen LogP contribution is 2.23. The smallest absolute Gasteiger partial charge is 0.293 e. The van der Waals surface area contributed by atoms with Gasteiger partial charge in [0.1, 0.15) is 11.0 Å². The topological polar surface area (TPSA) is 99.8 Å². The second-order valence-corrected chi connectivity index (χ2v) is 7.93. The van der Waals surface area contributed by atoms with Crippen molar-refractivity contribution in [3.8, 4) is 0 Å². The van der Waals surface area contributed by atoms with E-state index in [2.05, 4.69) is 15.1 Å². The van der Waals surface area contributed by atoms with E-state index in [0.717, 1.165) is 48.5 Å². The predicted octanol–water partition coefficient (Wildman–Crippen LogP) is 1.48. The lowest BCUT2D eigenvalue weighted by molar-refractivity contribution is 0.494. The normalized spacial score (nSPS) is 17.3. The van der Waals surface area contributed by atoms with E-state index in [0.29, 0.717) is 24.1 Å². The average Bonchev–Trinajstić information content (AvgIpc) is 3.28. The predicted molar refractivity (Wildman–Crippen MR) is 117 cm³/mol. The summed E-state index contributed by atoms with van der Waals surface area (Å²) in [7, 11) is 1.90. The molecule has 5 rings (SSSR count). The highest BCUT2D eigenvalue weighted by Gasteiger charge is 2.24. The second-order valence-electron chi connectivity index (χ2n) is 7.93. The number of benzene rings is 1. The molecule has 0 aliphatic carbocycles. The molecule has 9 nitrogen and oxygen atoms in total. The van der Waals surface area contributed by atoms with Gasteiger partial charge in [-0.05, 0) is 25.8 Å². The monoisotopic (exact) mass is 406 g/mol. The maximum atomic E-state index is 13.4. The zero-order valence-corrected chi connectivity index (χ0v) is 17.3. The first-order valence-electron chi connectivity index (χ1n) is 10.4. The first-order valence-corrected chi connectivity index (χ1v) is 10.4. The SMILES string of the molecule is CCn1c(N2CCCC(N)C2)nc2cnn(Cc3c4ccccc4nn3C)c(=O)c21. The van der Waals surface area contributed by atoms with Crippen LogP contribution in [0.15, 0.2) is 35.3 Å². The molecule has 1 unspecified atom stereocenters. The number of rotatable bonds is 4. The third-order valence-electron chi connectivity index (χ3n) is 5.95. The van der Waals surface area contributed by atoms with Gasteiger partial charge in [0.2, 0.25) is 5.95 Å². The van der Waals surface area contributed by atoms with E-state index in [4.69, 9.17) is 10.7 Å². The molecule has 156 valence electrons. The number of aryl methyl sites for hydroxylation is 2. The van der Waals surface area contributed by atoms with Crippen LogP contribution in [0, 0.1) is 0 Å². The van der Waals surface area contributed by atoms with Crippen molar-refractivity contribution in [3.05, 3.63) is 46.5 Å². The maximum Gasteiger partial charge on any atom is 0.293 e. The molecule has 2 N–H and O–H groups in total. The third kappa shape index (κ3) is 2.97. The van der Waals surface area contributed by atoms with E-state index in [1.165, 1.54) is 4.68 Å². The number of nitrogens with two attached hydrogens (primary N) is 1. The standard InChI is InChI=1S/C21H26N8O/c1-3-28-19-17(24-21(28)27-10-6-7-14(22)12-27)11-23-29(20(19)30)13-18-15-8-4-5-9-16(15)25-26(18)2/h4-5,8-9,11,14H,3,6-7,10,12-13,22H2,1-2H3. The zero-order valence-electron chi connectivity index (χ0n) is 17.3. The molecule has 1 fully saturated rings. The van der Waals surface area contributed by atoms with Gasteiger partial charge < -0.3 is 15.2 Å². The lowest BCUT2D eigenvalue weighted by Crippen LogP contribution is -2.44. The van der Waals surface area contributed by atoms with Gasteiger partial charge in [0.05, 0.1) is 24.0 Å². The molecule has 1 aliphatic rings. The largest absolute Gasteiger partial charge is 0.341 e. The number of nitrogens with zero attached hydrogens (tertiary/aromatic N) is 7. The molecule has 3 aromatic heterocycles. The number of piperidine rings is 1. The Morgan fingerprint density at radius 1 is 1.23 bits per heavy atom. The Kier molecular flexibility index (Phi) is 4.54. The van der Waals surface area contributed by atoms with Crippen LogP contribution in [0.5, 0.6) is 0 Å². The van der Waals surface area contributed by atoms with Crippen LogP contribution < -0.4 is 16.2 Å².